The maximum absolute atomic E-state index is 10.9. The number of halogens is 1. The van der Waals surface area contributed by atoms with Gasteiger partial charge in [-0.15, -0.1) is 0 Å². The van der Waals surface area contributed by atoms with Gasteiger partial charge in [-0.1, -0.05) is 11.6 Å². The Bertz CT molecular complexity index is 307. The van der Waals surface area contributed by atoms with Gasteiger partial charge in [-0.25, -0.2) is 0 Å². The van der Waals surface area contributed by atoms with E-state index in [1.807, 2.05) is 0 Å². The van der Waals surface area contributed by atoms with Crippen LogP contribution in [0.2, 0.25) is 5.02 Å². The first-order valence-electron chi connectivity index (χ1n) is 3.49. The first-order chi connectivity index (χ1) is 5.65. The van der Waals surface area contributed by atoms with E-state index in [4.69, 9.17) is 16.3 Å². The number of hydrogen-bond acceptors (Lipinski definition) is 2. The van der Waals surface area contributed by atoms with Crippen LogP contribution in [0.25, 0.3) is 0 Å². The molecule has 1 aromatic carbocycles. The van der Waals surface area contributed by atoms with Crippen molar-refractivity contribution in [1.29, 1.82) is 0 Å². The second-order valence-corrected chi connectivity index (χ2v) is 2.81. The van der Waals surface area contributed by atoms with Crippen LogP contribution >= 0.6 is 11.6 Å². The summed E-state index contributed by atoms with van der Waals surface area (Å²) in [6, 6.07) is 4.95. The third-order valence-corrected chi connectivity index (χ3v) is 1.87. The normalized spacial score (nSPS) is 9.58. The van der Waals surface area contributed by atoms with Crippen molar-refractivity contribution in [3.63, 3.8) is 0 Å². The molecule has 0 saturated heterocycles. The van der Waals surface area contributed by atoms with Gasteiger partial charge in [0.1, 0.15) is 5.75 Å². The molecule has 0 aliphatic carbocycles. The van der Waals surface area contributed by atoms with E-state index < -0.39 is 0 Å². The lowest BCUT2D eigenvalue weighted by atomic mass is 10.1. The highest BCUT2D eigenvalue weighted by atomic mass is 35.5. The number of carbonyl (C=O) groups is 1. The Hall–Kier alpha value is -1.02. The number of ketones is 1. The number of methoxy groups -OCH3 is 1. The van der Waals surface area contributed by atoms with Gasteiger partial charge >= 0.3 is 0 Å². The maximum atomic E-state index is 10.9. The van der Waals surface area contributed by atoms with Gasteiger partial charge in [0.05, 0.1) is 12.1 Å². The van der Waals surface area contributed by atoms with Crippen molar-refractivity contribution in [3.8, 4) is 5.75 Å². The van der Waals surface area contributed by atoms with E-state index in [0.717, 1.165) is 0 Å². The van der Waals surface area contributed by atoms with Gasteiger partial charge in [0, 0.05) is 5.56 Å². The van der Waals surface area contributed by atoms with Crippen LogP contribution in [0, 0.1) is 0 Å². The lowest BCUT2D eigenvalue weighted by molar-refractivity contribution is 0.101. The van der Waals surface area contributed by atoms with Crippen LogP contribution in [0.15, 0.2) is 18.2 Å². The number of Topliss-reactive ketones (excluding diaryl/α,β-unsaturated/α-hetero) is 1. The molecular formula is C9H9ClO2. The molecule has 0 atom stereocenters. The van der Waals surface area contributed by atoms with E-state index in [1.165, 1.54) is 14.0 Å². The Labute approximate surface area is 76.1 Å². The molecule has 64 valence electrons. The van der Waals surface area contributed by atoms with Gasteiger partial charge < -0.3 is 4.74 Å². The summed E-state index contributed by atoms with van der Waals surface area (Å²) in [5, 5.41) is 0.516. The Morgan fingerprint density at radius 3 is 2.67 bits per heavy atom. The van der Waals surface area contributed by atoms with Gasteiger partial charge in [-0.05, 0) is 25.1 Å². The van der Waals surface area contributed by atoms with Crippen molar-refractivity contribution in [2.24, 2.45) is 0 Å². The second-order valence-electron chi connectivity index (χ2n) is 2.41. The summed E-state index contributed by atoms with van der Waals surface area (Å²) in [5.74, 6) is 0.536. The maximum Gasteiger partial charge on any atom is 0.159 e. The Kier molecular flexibility index (Phi) is 2.71. The molecule has 0 aromatic heterocycles. The number of ether oxygens (including phenoxy) is 1. The molecule has 0 radical (unpaired) electrons. The molecule has 3 heteroatoms. The number of carbonyl (C=O) groups excluding carboxylic acids is 1. The smallest absolute Gasteiger partial charge is 0.159 e. The van der Waals surface area contributed by atoms with Gasteiger partial charge in [0.15, 0.2) is 5.78 Å². The van der Waals surface area contributed by atoms with Crippen LogP contribution < -0.4 is 4.74 Å². The van der Waals surface area contributed by atoms with E-state index >= 15 is 0 Å². The van der Waals surface area contributed by atoms with Crippen LogP contribution in [0.4, 0.5) is 0 Å². The van der Waals surface area contributed by atoms with Crippen LogP contribution in [0.3, 0.4) is 0 Å². The topological polar surface area (TPSA) is 26.3 Å². The Morgan fingerprint density at radius 2 is 2.17 bits per heavy atom. The van der Waals surface area contributed by atoms with Gasteiger partial charge in [-0.2, -0.15) is 0 Å². The zero-order valence-electron chi connectivity index (χ0n) is 6.93. The fourth-order valence-electron chi connectivity index (χ4n) is 0.879. The van der Waals surface area contributed by atoms with Crippen LogP contribution in [0.1, 0.15) is 17.3 Å². The first kappa shape index (κ1) is 9.07. The quantitative estimate of drug-likeness (QED) is 0.661. The summed E-state index contributed by atoms with van der Waals surface area (Å²) in [6.07, 6.45) is 0. The van der Waals surface area contributed by atoms with Gasteiger partial charge in [0.2, 0.25) is 0 Å². The van der Waals surface area contributed by atoms with Crippen molar-refractivity contribution in [1.82, 2.24) is 0 Å². The van der Waals surface area contributed by atoms with Crippen molar-refractivity contribution in [2.45, 2.75) is 6.92 Å². The molecule has 1 aromatic rings. The van der Waals surface area contributed by atoms with E-state index in [0.29, 0.717) is 16.3 Å². The van der Waals surface area contributed by atoms with E-state index in [1.54, 1.807) is 18.2 Å². The minimum Gasteiger partial charge on any atom is -0.495 e. The zero-order chi connectivity index (χ0) is 9.14. The molecular weight excluding hydrogens is 176 g/mol. The molecule has 0 amide bonds. The second kappa shape index (κ2) is 3.59. The molecule has 0 aliphatic heterocycles. The standard InChI is InChI=1S/C9H9ClO2/c1-6(11)7-3-4-8(10)9(5-7)12-2/h3-5H,1-2H3. The molecule has 0 aliphatic rings. The average Bonchev–Trinajstić information content (AvgIpc) is 2.05. The van der Waals surface area contributed by atoms with Crippen LogP contribution in [0.5, 0.6) is 5.75 Å². The van der Waals surface area contributed by atoms with Crippen molar-refractivity contribution in [3.05, 3.63) is 28.8 Å². The van der Waals surface area contributed by atoms with Crippen molar-refractivity contribution >= 4 is 17.4 Å². The lowest BCUT2D eigenvalue weighted by Crippen LogP contribution is -1.93. The monoisotopic (exact) mass is 184 g/mol. The average molecular weight is 185 g/mol. The zero-order valence-corrected chi connectivity index (χ0v) is 7.68. The van der Waals surface area contributed by atoms with Crippen LogP contribution in [-0.2, 0) is 0 Å². The van der Waals surface area contributed by atoms with E-state index in [-0.39, 0.29) is 5.78 Å². The number of benzene rings is 1. The molecule has 12 heavy (non-hydrogen) atoms. The summed E-state index contributed by atoms with van der Waals surface area (Å²) in [4.78, 5) is 10.9. The predicted molar refractivity (Wildman–Crippen MR) is 48.0 cm³/mol. The highest BCUT2D eigenvalue weighted by Crippen LogP contribution is 2.24. The molecule has 0 fully saturated rings. The fourth-order valence-corrected chi connectivity index (χ4v) is 1.07. The molecule has 2 nitrogen and oxygen atoms in total. The summed E-state index contributed by atoms with van der Waals surface area (Å²) in [7, 11) is 1.52. The number of hydrogen-bond donors (Lipinski definition) is 0. The van der Waals surface area contributed by atoms with E-state index in [2.05, 4.69) is 0 Å². The molecule has 0 heterocycles. The van der Waals surface area contributed by atoms with Crippen LogP contribution in [-0.4, -0.2) is 12.9 Å². The predicted octanol–water partition coefficient (Wildman–Crippen LogP) is 2.55. The fraction of sp³-hybridized carbons (Fsp3) is 0.222. The summed E-state index contributed by atoms with van der Waals surface area (Å²) in [6.45, 7) is 1.50. The van der Waals surface area contributed by atoms with E-state index in [9.17, 15) is 4.79 Å². The summed E-state index contributed by atoms with van der Waals surface area (Å²) < 4.78 is 4.95. The highest BCUT2D eigenvalue weighted by Gasteiger charge is 2.04. The molecule has 0 spiro atoms. The van der Waals surface area contributed by atoms with Gasteiger partial charge in [0.25, 0.3) is 0 Å². The number of rotatable bonds is 2. The van der Waals surface area contributed by atoms with Crippen molar-refractivity contribution in [2.75, 3.05) is 7.11 Å². The largest absolute Gasteiger partial charge is 0.495 e. The van der Waals surface area contributed by atoms with Crippen molar-refractivity contribution < 1.29 is 9.53 Å². The van der Waals surface area contributed by atoms with Gasteiger partial charge in [-0.3, -0.25) is 4.79 Å². The lowest BCUT2D eigenvalue weighted by Gasteiger charge is -2.03. The molecule has 1 rings (SSSR count). The summed E-state index contributed by atoms with van der Waals surface area (Å²) >= 11 is 5.76. The SMILES string of the molecule is COc1cc(C(C)=O)ccc1Cl. The third-order valence-electron chi connectivity index (χ3n) is 1.56. The highest BCUT2D eigenvalue weighted by molar-refractivity contribution is 6.32. The Balaban J connectivity index is 3.13. The third kappa shape index (κ3) is 1.77. The minimum absolute atomic E-state index is 0.00460. The molecule has 0 saturated carbocycles. The summed E-state index contributed by atoms with van der Waals surface area (Å²) in [5.41, 5.74) is 0.608. The minimum atomic E-state index is 0.00460. The molecule has 0 N–H and O–H groups in total. The molecule has 0 unspecified atom stereocenters. The first-order valence-corrected chi connectivity index (χ1v) is 3.87. The molecule has 0 bridgehead atoms. The Morgan fingerprint density at radius 1 is 1.50 bits per heavy atom.